The maximum atomic E-state index is 11.9. The molecule has 0 aromatic carbocycles. The standard InChI is InChI=1S/C7H13BF3.K/c9-8(10,11)6-7-4-2-1-3-5-7;/h7H,1-6H2;/q-1;+1. The monoisotopic (exact) mass is 204 g/mol. The molecule has 0 aliphatic heterocycles. The van der Waals surface area contributed by atoms with Gasteiger partial charge in [0, 0.05) is 0 Å². The minimum absolute atomic E-state index is 0. The third kappa shape index (κ3) is 6.02. The first-order valence-corrected chi connectivity index (χ1v) is 4.29. The van der Waals surface area contributed by atoms with Crippen molar-refractivity contribution in [1.82, 2.24) is 0 Å². The second kappa shape index (κ2) is 6.07. The molecule has 0 amide bonds. The topological polar surface area (TPSA) is 0 Å². The van der Waals surface area contributed by atoms with E-state index in [0.717, 1.165) is 32.1 Å². The minimum atomic E-state index is -4.53. The zero-order chi connectivity index (χ0) is 8.32. The molecule has 0 saturated heterocycles. The summed E-state index contributed by atoms with van der Waals surface area (Å²) < 4.78 is 35.7. The Morgan fingerprint density at radius 3 is 1.92 bits per heavy atom. The molecule has 0 nitrogen and oxygen atoms in total. The summed E-state index contributed by atoms with van der Waals surface area (Å²) in [7, 11) is 0. The molecule has 0 unspecified atom stereocenters. The van der Waals surface area contributed by atoms with E-state index >= 15 is 0 Å². The molecule has 0 heterocycles. The average Bonchev–Trinajstić information content (AvgIpc) is 1.85. The van der Waals surface area contributed by atoms with E-state index in [1.807, 2.05) is 0 Å². The fourth-order valence-electron chi connectivity index (χ4n) is 1.80. The van der Waals surface area contributed by atoms with E-state index < -0.39 is 13.3 Å². The maximum absolute atomic E-state index is 11.9. The summed E-state index contributed by atoms with van der Waals surface area (Å²) in [6, 6.07) is 0. The first-order chi connectivity index (χ1) is 5.08. The molecule has 0 radical (unpaired) electrons. The molecule has 1 saturated carbocycles. The summed E-state index contributed by atoms with van der Waals surface area (Å²) >= 11 is 0. The van der Waals surface area contributed by atoms with Gasteiger partial charge in [0.05, 0.1) is 0 Å². The van der Waals surface area contributed by atoms with Gasteiger partial charge in [-0.3, -0.25) is 0 Å². The first-order valence-electron chi connectivity index (χ1n) is 4.29. The van der Waals surface area contributed by atoms with Crippen LogP contribution in [0.15, 0.2) is 0 Å². The van der Waals surface area contributed by atoms with Crippen LogP contribution in [0.25, 0.3) is 0 Å². The molecule has 0 aromatic rings. The summed E-state index contributed by atoms with van der Waals surface area (Å²) in [4.78, 5) is 0. The van der Waals surface area contributed by atoms with Gasteiger partial charge >= 0.3 is 58.4 Å². The Balaban J connectivity index is 0.00000121. The third-order valence-electron chi connectivity index (χ3n) is 2.33. The van der Waals surface area contributed by atoms with Crippen LogP contribution < -0.4 is 51.4 Å². The summed E-state index contributed by atoms with van der Waals surface area (Å²) in [5.74, 6) is -0.0521. The van der Waals surface area contributed by atoms with Crippen LogP contribution in [0.4, 0.5) is 12.9 Å². The smallest absolute Gasteiger partial charge is 0.449 e. The molecule has 0 aromatic heterocycles. The van der Waals surface area contributed by atoms with Gasteiger partial charge in [-0.2, -0.15) is 0 Å². The molecule has 1 fully saturated rings. The zero-order valence-electron chi connectivity index (χ0n) is 7.53. The molecule has 1 aliphatic carbocycles. The Labute approximate surface area is 114 Å². The molecule has 0 bridgehead atoms. The molecule has 12 heavy (non-hydrogen) atoms. The maximum Gasteiger partial charge on any atom is 1.00 e. The van der Waals surface area contributed by atoms with Crippen molar-refractivity contribution in [2.45, 2.75) is 38.4 Å². The molecule has 0 atom stereocenters. The van der Waals surface area contributed by atoms with Crippen molar-refractivity contribution in [3.63, 3.8) is 0 Å². The summed E-state index contributed by atoms with van der Waals surface area (Å²) in [5, 5.41) is 0. The van der Waals surface area contributed by atoms with Gasteiger partial charge in [-0.25, -0.2) is 0 Å². The number of rotatable bonds is 2. The molecule has 5 heteroatoms. The van der Waals surface area contributed by atoms with Gasteiger partial charge in [0.15, 0.2) is 0 Å². The number of hydrogen-bond donors (Lipinski definition) is 0. The quantitative estimate of drug-likeness (QED) is 0.572. The van der Waals surface area contributed by atoms with Crippen molar-refractivity contribution in [2.24, 2.45) is 5.92 Å². The van der Waals surface area contributed by atoms with Crippen molar-refractivity contribution < 1.29 is 64.3 Å². The molecular formula is C7H13BF3K. The predicted molar refractivity (Wildman–Crippen MR) is 40.5 cm³/mol. The van der Waals surface area contributed by atoms with Gasteiger partial charge in [0.2, 0.25) is 0 Å². The van der Waals surface area contributed by atoms with Crippen LogP contribution in [-0.2, 0) is 0 Å². The van der Waals surface area contributed by atoms with Gasteiger partial charge in [0.1, 0.15) is 0 Å². The van der Waals surface area contributed by atoms with Crippen LogP contribution in [0, 0.1) is 5.92 Å². The third-order valence-corrected chi connectivity index (χ3v) is 2.33. The second-order valence-corrected chi connectivity index (χ2v) is 3.45. The summed E-state index contributed by atoms with van der Waals surface area (Å²) in [6.45, 7) is -4.53. The molecule has 0 spiro atoms. The SMILES string of the molecule is F[B-](F)(F)CC1CCCCC1.[K+]. The van der Waals surface area contributed by atoms with Gasteiger partial charge in [-0.1, -0.05) is 44.3 Å². The van der Waals surface area contributed by atoms with Crippen LogP contribution in [0.5, 0.6) is 0 Å². The second-order valence-electron chi connectivity index (χ2n) is 3.45. The van der Waals surface area contributed by atoms with Crippen LogP contribution in [0.1, 0.15) is 32.1 Å². The Bertz CT molecular complexity index is 120. The fourth-order valence-corrected chi connectivity index (χ4v) is 1.80. The largest absolute Gasteiger partial charge is 1.00 e. The summed E-state index contributed by atoms with van der Waals surface area (Å²) in [5.41, 5.74) is 0. The van der Waals surface area contributed by atoms with Crippen molar-refractivity contribution >= 4 is 6.98 Å². The van der Waals surface area contributed by atoms with Crippen LogP contribution >= 0.6 is 0 Å². The van der Waals surface area contributed by atoms with Gasteiger partial charge in [0.25, 0.3) is 0 Å². The van der Waals surface area contributed by atoms with E-state index in [1.54, 1.807) is 0 Å². The van der Waals surface area contributed by atoms with Crippen LogP contribution in [-0.4, -0.2) is 6.98 Å². The van der Waals surface area contributed by atoms with Crippen LogP contribution in [0.3, 0.4) is 0 Å². The average molecular weight is 204 g/mol. The normalized spacial score (nSPS) is 20.2. The van der Waals surface area contributed by atoms with E-state index in [-0.39, 0.29) is 57.3 Å². The van der Waals surface area contributed by atoms with Crippen molar-refractivity contribution in [3.8, 4) is 0 Å². The van der Waals surface area contributed by atoms with Gasteiger partial charge in [-0.05, 0) is 0 Å². The Morgan fingerprint density at radius 2 is 1.50 bits per heavy atom. The Kier molecular flexibility index (Phi) is 6.82. The van der Waals surface area contributed by atoms with Gasteiger partial charge in [-0.15, -0.1) is 0 Å². The van der Waals surface area contributed by atoms with E-state index in [9.17, 15) is 12.9 Å². The zero-order valence-corrected chi connectivity index (χ0v) is 10.7. The summed E-state index contributed by atoms with van der Waals surface area (Å²) in [6.07, 6.45) is 4.21. The predicted octanol–water partition coefficient (Wildman–Crippen LogP) is 0.418. The first kappa shape index (κ1) is 13.5. The Morgan fingerprint density at radius 1 is 1.00 bits per heavy atom. The van der Waals surface area contributed by atoms with E-state index in [0.29, 0.717) is 0 Å². The van der Waals surface area contributed by atoms with E-state index in [1.165, 1.54) is 0 Å². The number of halogens is 3. The Hall–Kier alpha value is 1.49. The van der Waals surface area contributed by atoms with Crippen LogP contribution in [0.2, 0.25) is 6.32 Å². The fraction of sp³-hybridized carbons (Fsp3) is 1.00. The van der Waals surface area contributed by atoms with Crippen molar-refractivity contribution in [2.75, 3.05) is 0 Å². The molecule has 66 valence electrons. The number of hydrogen-bond acceptors (Lipinski definition) is 0. The van der Waals surface area contributed by atoms with Gasteiger partial charge < -0.3 is 12.9 Å². The minimum Gasteiger partial charge on any atom is -0.449 e. The van der Waals surface area contributed by atoms with Crippen molar-refractivity contribution in [3.05, 3.63) is 0 Å². The molecule has 1 rings (SSSR count). The van der Waals surface area contributed by atoms with E-state index in [2.05, 4.69) is 0 Å². The molecule has 1 aliphatic rings. The van der Waals surface area contributed by atoms with E-state index in [4.69, 9.17) is 0 Å². The van der Waals surface area contributed by atoms with Crippen molar-refractivity contribution in [1.29, 1.82) is 0 Å². The molecular weight excluding hydrogens is 191 g/mol. The molecule has 0 N–H and O–H groups in total.